The maximum atomic E-state index is 13.4. The quantitative estimate of drug-likeness (QED) is 0.386. The minimum absolute atomic E-state index is 0.0570. The van der Waals surface area contributed by atoms with Crippen LogP contribution in [0.15, 0.2) is 66.7 Å². The highest BCUT2D eigenvalue weighted by Crippen LogP contribution is 2.33. The van der Waals surface area contributed by atoms with E-state index >= 15 is 0 Å². The van der Waals surface area contributed by atoms with E-state index in [2.05, 4.69) is 37.7 Å². The molecule has 1 N–H and O–H groups in total. The van der Waals surface area contributed by atoms with E-state index in [9.17, 15) is 14.7 Å². The molecule has 192 valence electrons. The van der Waals surface area contributed by atoms with Crippen LogP contribution < -0.4 is 11.2 Å². The number of hydrogen-bond acceptors (Lipinski definition) is 5. The molecule has 3 rings (SSSR count). The lowest BCUT2D eigenvalue weighted by atomic mass is 9.84. The Morgan fingerprint density at radius 3 is 2.67 bits per heavy atom. The van der Waals surface area contributed by atoms with Gasteiger partial charge in [-0.15, -0.1) is 0 Å². The van der Waals surface area contributed by atoms with Gasteiger partial charge >= 0.3 is 5.69 Å². The third kappa shape index (κ3) is 6.02. The van der Waals surface area contributed by atoms with E-state index in [4.69, 9.17) is 16.6 Å². The first-order valence-corrected chi connectivity index (χ1v) is 12.7. The summed E-state index contributed by atoms with van der Waals surface area (Å²) < 4.78 is 2.66. The molecular weight excluding hydrogens is 476 g/mol. The number of rotatable bonds is 9. The van der Waals surface area contributed by atoms with Gasteiger partial charge in [0.05, 0.1) is 11.3 Å². The highest BCUT2D eigenvalue weighted by Gasteiger charge is 2.28. The van der Waals surface area contributed by atoms with Gasteiger partial charge in [0.15, 0.2) is 0 Å². The molecule has 0 bridgehead atoms. The lowest BCUT2D eigenvalue weighted by Crippen LogP contribution is -2.41. The van der Waals surface area contributed by atoms with Gasteiger partial charge in [-0.3, -0.25) is 18.9 Å². The van der Waals surface area contributed by atoms with Crippen molar-refractivity contribution in [2.45, 2.75) is 58.9 Å². The summed E-state index contributed by atoms with van der Waals surface area (Å²) in [4.78, 5) is 35.7. The van der Waals surface area contributed by atoms with Gasteiger partial charge in [-0.05, 0) is 68.5 Å². The standard InChI is InChI=1S/C28H35ClN4O3/c1-18(2)22-9-6-7-10-23(22)25-20(17-21(30-4)13-11-19(3)29)12-14-24-26(31-25)32(5)28(36)33(27(24)35)15-8-16-34/h6-7,9-11,13,18,20,34H,4,8,12,14-17H2,1-3,5H3/b19-11+,21-13-. The number of aromatic nitrogens is 2. The molecule has 1 atom stereocenters. The van der Waals surface area contributed by atoms with Crippen molar-refractivity contribution in [3.05, 3.63) is 84.7 Å². The van der Waals surface area contributed by atoms with Gasteiger partial charge in [-0.2, -0.15) is 0 Å². The number of hydrogen-bond donors (Lipinski definition) is 1. The molecule has 1 unspecified atom stereocenters. The van der Waals surface area contributed by atoms with Crippen LogP contribution in [0.2, 0.25) is 0 Å². The zero-order valence-corrected chi connectivity index (χ0v) is 22.3. The molecule has 1 aromatic carbocycles. The van der Waals surface area contributed by atoms with E-state index in [1.165, 1.54) is 9.13 Å². The molecule has 1 aromatic heterocycles. The van der Waals surface area contributed by atoms with Crippen LogP contribution in [0.4, 0.5) is 5.82 Å². The molecule has 0 spiro atoms. The fourth-order valence-electron chi connectivity index (χ4n) is 4.63. The molecule has 2 aromatic rings. The number of aliphatic hydroxyl groups is 1. The molecule has 1 aliphatic rings. The molecule has 2 heterocycles. The van der Waals surface area contributed by atoms with Gasteiger partial charge < -0.3 is 5.11 Å². The SMILES string of the molecule is C=N/C(=C\C=C(/C)Cl)CC1CCc2c(n(C)c(=O)n(CCCO)c2=O)N=C1c1ccccc1C(C)C. The van der Waals surface area contributed by atoms with Crippen LogP contribution in [0.3, 0.4) is 0 Å². The Hall–Kier alpha value is -3.03. The zero-order chi connectivity index (χ0) is 26.4. The number of aliphatic imine (C=N–C) groups is 2. The molecular formula is C28H35ClN4O3. The summed E-state index contributed by atoms with van der Waals surface area (Å²) in [5, 5.41) is 9.88. The Balaban J connectivity index is 2.25. The number of allylic oxidation sites excluding steroid dienone is 4. The fourth-order valence-corrected chi connectivity index (χ4v) is 4.69. The topological polar surface area (TPSA) is 89.0 Å². The normalized spacial score (nSPS) is 16.5. The second kappa shape index (κ2) is 12.3. The Morgan fingerprint density at radius 2 is 2.03 bits per heavy atom. The minimum Gasteiger partial charge on any atom is -0.396 e. The Morgan fingerprint density at radius 1 is 1.31 bits per heavy atom. The number of fused-ring (bicyclic) bond motifs is 1. The van der Waals surface area contributed by atoms with Crippen LogP contribution in [0.1, 0.15) is 62.6 Å². The smallest absolute Gasteiger partial charge is 0.332 e. The van der Waals surface area contributed by atoms with Crippen molar-refractivity contribution in [2.75, 3.05) is 6.61 Å². The van der Waals surface area contributed by atoms with Crippen LogP contribution in [-0.4, -0.2) is 33.3 Å². The van der Waals surface area contributed by atoms with Crippen LogP contribution in [0.25, 0.3) is 0 Å². The average Bonchev–Trinajstić information content (AvgIpc) is 3.05. The van der Waals surface area contributed by atoms with Gasteiger partial charge in [0.2, 0.25) is 0 Å². The third-order valence-electron chi connectivity index (χ3n) is 6.53. The monoisotopic (exact) mass is 510 g/mol. The number of nitrogens with zero attached hydrogens (tertiary/aromatic N) is 4. The van der Waals surface area contributed by atoms with Crippen molar-refractivity contribution in [3.8, 4) is 0 Å². The van der Waals surface area contributed by atoms with E-state index in [0.717, 1.165) is 22.5 Å². The molecule has 8 heteroatoms. The molecule has 0 amide bonds. The first-order chi connectivity index (χ1) is 17.2. The van der Waals surface area contributed by atoms with Gasteiger partial charge in [0.25, 0.3) is 5.56 Å². The summed E-state index contributed by atoms with van der Waals surface area (Å²) in [5.41, 5.74) is 3.53. The van der Waals surface area contributed by atoms with Crippen LogP contribution in [0.5, 0.6) is 0 Å². The van der Waals surface area contributed by atoms with E-state index in [-0.39, 0.29) is 30.5 Å². The summed E-state index contributed by atoms with van der Waals surface area (Å²) in [7, 11) is 1.65. The summed E-state index contributed by atoms with van der Waals surface area (Å²) in [6.45, 7) is 9.89. The van der Waals surface area contributed by atoms with Crippen molar-refractivity contribution in [2.24, 2.45) is 23.0 Å². The molecule has 0 saturated heterocycles. The number of benzene rings is 1. The maximum Gasteiger partial charge on any atom is 0.332 e. The second-order valence-electron chi connectivity index (χ2n) is 9.43. The molecule has 1 aliphatic heterocycles. The van der Waals surface area contributed by atoms with Crippen LogP contribution in [0, 0.1) is 5.92 Å². The van der Waals surface area contributed by atoms with E-state index < -0.39 is 5.69 Å². The van der Waals surface area contributed by atoms with Gasteiger partial charge in [0, 0.05) is 36.8 Å². The van der Waals surface area contributed by atoms with Gasteiger partial charge in [-0.25, -0.2) is 9.79 Å². The average molecular weight is 511 g/mol. The largest absolute Gasteiger partial charge is 0.396 e. The van der Waals surface area contributed by atoms with Crippen molar-refractivity contribution in [3.63, 3.8) is 0 Å². The highest BCUT2D eigenvalue weighted by molar-refractivity contribution is 6.29. The van der Waals surface area contributed by atoms with Gasteiger partial charge in [-0.1, -0.05) is 49.7 Å². The number of halogens is 1. The second-order valence-corrected chi connectivity index (χ2v) is 10.0. The predicted molar refractivity (Wildman–Crippen MR) is 148 cm³/mol. The van der Waals surface area contributed by atoms with Crippen molar-refractivity contribution >= 4 is 29.8 Å². The molecule has 0 fully saturated rings. The molecule has 7 nitrogen and oxygen atoms in total. The van der Waals surface area contributed by atoms with Crippen LogP contribution >= 0.6 is 11.6 Å². The van der Waals surface area contributed by atoms with E-state index in [1.54, 1.807) is 20.0 Å². The van der Waals surface area contributed by atoms with E-state index in [0.29, 0.717) is 42.1 Å². The summed E-state index contributed by atoms with van der Waals surface area (Å²) in [6.07, 6.45) is 5.67. The molecule has 0 aliphatic carbocycles. The zero-order valence-electron chi connectivity index (χ0n) is 21.5. The minimum atomic E-state index is -0.429. The first kappa shape index (κ1) is 27.6. The van der Waals surface area contributed by atoms with Crippen molar-refractivity contribution in [1.82, 2.24) is 9.13 Å². The van der Waals surface area contributed by atoms with Crippen LogP contribution in [-0.2, 0) is 20.0 Å². The number of aliphatic hydroxyl groups excluding tert-OH is 1. The Bertz CT molecular complexity index is 1330. The van der Waals surface area contributed by atoms with E-state index in [1.807, 2.05) is 18.2 Å². The summed E-state index contributed by atoms with van der Waals surface area (Å²) >= 11 is 6.04. The summed E-state index contributed by atoms with van der Waals surface area (Å²) in [5.74, 6) is 0.602. The predicted octanol–water partition coefficient (Wildman–Crippen LogP) is 4.85. The lowest BCUT2D eigenvalue weighted by Gasteiger charge is -2.21. The molecule has 0 radical (unpaired) electrons. The molecule has 36 heavy (non-hydrogen) atoms. The van der Waals surface area contributed by atoms with Gasteiger partial charge in [0.1, 0.15) is 5.82 Å². The lowest BCUT2D eigenvalue weighted by molar-refractivity contribution is 0.277. The third-order valence-corrected chi connectivity index (χ3v) is 6.65. The fraction of sp³-hybridized carbons (Fsp3) is 0.429. The summed E-state index contributed by atoms with van der Waals surface area (Å²) in [6, 6.07) is 8.15. The first-order valence-electron chi connectivity index (χ1n) is 12.3. The highest BCUT2D eigenvalue weighted by atomic mass is 35.5. The molecule has 0 saturated carbocycles. The Kier molecular flexibility index (Phi) is 9.40. The van der Waals surface area contributed by atoms with Crippen molar-refractivity contribution < 1.29 is 5.11 Å². The van der Waals surface area contributed by atoms with Crippen molar-refractivity contribution in [1.29, 1.82) is 0 Å². The maximum absolute atomic E-state index is 13.4. The Labute approximate surface area is 217 Å².